The first-order valence-corrected chi connectivity index (χ1v) is 7.73. The fourth-order valence-electron chi connectivity index (χ4n) is 2.04. The predicted octanol–water partition coefficient (Wildman–Crippen LogP) is 3.87. The van der Waals surface area contributed by atoms with Crippen LogP contribution in [0.4, 0.5) is 0 Å². The van der Waals surface area contributed by atoms with E-state index < -0.39 is 0 Å². The third kappa shape index (κ3) is 3.77. The van der Waals surface area contributed by atoms with Crippen molar-refractivity contribution in [3.8, 4) is 10.9 Å². The van der Waals surface area contributed by atoms with Gasteiger partial charge in [-0.25, -0.2) is 0 Å². The molecule has 0 atom stereocenters. The summed E-state index contributed by atoms with van der Waals surface area (Å²) in [4.78, 5) is 0. The van der Waals surface area contributed by atoms with E-state index in [-0.39, 0.29) is 0 Å². The maximum Gasteiger partial charge on any atom is 0.299 e. The lowest BCUT2D eigenvalue weighted by molar-refractivity contribution is 0.472. The molecule has 0 saturated heterocycles. The first kappa shape index (κ1) is 14.9. The van der Waals surface area contributed by atoms with Crippen molar-refractivity contribution in [1.82, 2.24) is 15.5 Å². The molecule has 2 aromatic rings. The van der Waals surface area contributed by atoms with E-state index in [1.54, 1.807) is 0 Å². The van der Waals surface area contributed by atoms with Gasteiger partial charge in [0, 0.05) is 6.54 Å². The van der Waals surface area contributed by atoms with Gasteiger partial charge in [-0.3, -0.25) is 0 Å². The Morgan fingerprint density at radius 3 is 2.75 bits per heavy atom. The van der Waals surface area contributed by atoms with E-state index in [1.165, 1.54) is 22.5 Å². The summed E-state index contributed by atoms with van der Waals surface area (Å²) in [5.41, 5.74) is 2.59. The third-order valence-corrected chi connectivity index (χ3v) is 3.84. The summed E-state index contributed by atoms with van der Waals surface area (Å²) in [5, 5.41) is 12.9. The van der Waals surface area contributed by atoms with Crippen molar-refractivity contribution in [2.24, 2.45) is 0 Å². The quantitative estimate of drug-likeness (QED) is 0.877. The largest absolute Gasteiger partial charge is 0.430 e. The van der Waals surface area contributed by atoms with Crippen LogP contribution in [-0.4, -0.2) is 16.7 Å². The van der Waals surface area contributed by atoms with Crippen molar-refractivity contribution >= 4 is 11.3 Å². The van der Waals surface area contributed by atoms with Crippen LogP contribution in [0.1, 0.15) is 42.8 Å². The SMILES string of the molecule is CCNCc1nnc(Oc2ccc(C(C)C)c(C)c2)s1. The van der Waals surface area contributed by atoms with Crippen LogP contribution in [0.25, 0.3) is 0 Å². The maximum absolute atomic E-state index is 5.77. The minimum atomic E-state index is 0.525. The zero-order chi connectivity index (χ0) is 14.5. The number of nitrogens with one attached hydrogen (secondary N) is 1. The Morgan fingerprint density at radius 1 is 1.30 bits per heavy atom. The zero-order valence-electron chi connectivity index (χ0n) is 12.4. The molecule has 5 heteroatoms. The van der Waals surface area contributed by atoms with Gasteiger partial charge in [0.2, 0.25) is 0 Å². The zero-order valence-corrected chi connectivity index (χ0v) is 13.3. The van der Waals surface area contributed by atoms with Gasteiger partial charge >= 0.3 is 0 Å². The van der Waals surface area contributed by atoms with Crippen molar-refractivity contribution in [3.63, 3.8) is 0 Å². The molecule has 4 nitrogen and oxygen atoms in total. The van der Waals surface area contributed by atoms with Crippen LogP contribution in [-0.2, 0) is 6.54 Å². The molecule has 0 aliphatic rings. The van der Waals surface area contributed by atoms with Gasteiger partial charge in [0.05, 0.1) is 0 Å². The molecule has 0 amide bonds. The maximum atomic E-state index is 5.77. The second-order valence-corrected chi connectivity index (χ2v) is 6.04. The number of nitrogens with zero attached hydrogens (tertiary/aromatic N) is 2. The predicted molar refractivity (Wildman–Crippen MR) is 82.6 cm³/mol. The van der Waals surface area contributed by atoms with E-state index in [0.29, 0.717) is 11.1 Å². The Bertz CT molecular complexity index is 566. The number of aromatic nitrogens is 2. The number of hydrogen-bond acceptors (Lipinski definition) is 5. The second kappa shape index (κ2) is 6.81. The summed E-state index contributed by atoms with van der Waals surface area (Å²) >= 11 is 1.48. The molecular formula is C15H21N3OS. The van der Waals surface area contributed by atoms with Crippen molar-refractivity contribution in [2.45, 2.75) is 40.2 Å². The van der Waals surface area contributed by atoms with Gasteiger partial charge in [0.1, 0.15) is 10.8 Å². The Morgan fingerprint density at radius 2 is 2.10 bits per heavy atom. The monoisotopic (exact) mass is 291 g/mol. The van der Waals surface area contributed by atoms with Crippen LogP contribution in [0, 0.1) is 6.92 Å². The Kier molecular flexibility index (Phi) is 5.09. The summed E-state index contributed by atoms with van der Waals surface area (Å²) in [5.74, 6) is 1.34. The van der Waals surface area contributed by atoms with Crippen molar-refractivity contribution in [3.05, 3.63) is 34.3 Å². The fraction of sp³-hybridized carbons (Fsp3) is 0.467. The van der Waals surface area contributed by atoms with Gasteiger partial charge in [-0.15, -0.1) is 5.10 Å². The number of hydrogen-bond donors (Lipinski definition) is 1. The van der Waals surface area contributed by atoms with E-state index in [4.69, 9.17) is 4.74 Å². The molecular weight excluding hydrogens is 270 g/mol. The van der Waals surface area contributed by atoms with E-state index in [9.17, 15) is 0 Å². The van der Waals surface area contributed by atoms with Gasteiger partial charge in [-0.1, -0.05) is 43.3 Å². The average molecular weight is 291 g/mol. The molecule has 1 heterocycles. The van der Waals surface area contributed by atoms with Crippen LogP contribution in [0.3, 0.4) is 0 Å². The van der Waals surface area contributed by atoms with Crippen molar-refractivity contribution in [2.75, 3.05) is 6.54 Å². The highest BCUT2D eigenvalue weighted by Gasteiger charge is 2.08. The van der Waals surface area contributed by atoms with Crippen LogP contribution in [0.2, 0.25) is 0 Å². The van der Waals surface area contributed by atoms with Crippen LogP contribution >= 0.6 is 11.3 Å². The molecule has 0 aliphatic carbocycles. The van der Waals surface area contributed by atoms with Crippen molar-refractivity contribution < 1.29 is 4.74 Å². The van der Waals surface area contributed by atoms with Crippen LogP contribution in [0.5, 0.6) is 10.9 Å². The summed E-state index contributed by atoms with van der Waals surface area (Å²) in [6, 6.07) is 6.17. The number of aryl methyl sites for hydroxylation is 1. The highest BCUT2D eigenvalue weighted by Crippen LogP contribution is 2.28. The Balaban J connectivity index is 2.06. The fourth-order valence-corrected chi connectivity index (χ4v) is 2.72. The highest BCUT2D eigenvalue weighted by molar-refractivity contribution is 7.13. The topological polar surface area (TPSA) is 47.0 Å². The lowest BCUT2D eigenvalue weighted by atomic mass is 9.98. The molecule has 1 N–H and O–H groups in total. The number of benzene rings is 1. The van der Waals surface area contributed by atoms with Gasteiger partial charge in [-0.2, -0.15) is 0 Å². The average Bonchev–Trinajstić information content (AvgIpc) is 2.83. The molecule has 0 unspecified atom stereocenters. The number of ether oxygens (including phenoxy) is 1. The van der Waals surface area contributed by atoms with Crippen LogP contribution in [0.15, 0.2) is 18.2 Å². The molecule has 20 heavy (non-hydrogen) atoms. The lowest BCUT2D eigenvalue weighted by Gasteiger charge is -2.10. The second-order valence-electron chi connectivity index (χ2n) is 5.02. The third-order valence-electron chi connectivity index (χ3n) is 3.04. The molecule has 0 fully saturated rings. The Labute approximate surface area is 124 Å². The molecule has 0 aliphatic heterocycles. The summed E-state index contributed by atoms with van der Waals surface area (Å²) < 4.78 is 5.77. The minimum Gasteiger partial charge on any atom is -0.430 e. The molecule has 0 bridgehead atoms. The molecule has 1 aromatic carbocycles. The van der Waals surface area contributed by atoms with Gasteiger partial charge in [0.15, 0.2) is 0 Å². The molecule has 1 aromatic heterocycles. The molecule has 2 rings (SSSR count). The van der Waals surface area contributed by atoms with Gasteiger partial charge < -0.3 is 10.1 Å². The van der Waals surface area contributed by atoms with E-state index in [1.807, 2.05) is 6.07 Å². The first-order valence-electron chi connectivity index (χ1n) is 6.91. The van der Waals surface area contributed by atoms with E-state index >= 15 is 0 Å². The summed E-state index contributed by atoms with van der Waals surface area (Å²) in [7, 11) is 0. The summed E-state index contributed by atoms with van der Waals surface area (Å²) in [6.45, 7) is 10.2. The molecule has 0 saturated carbocycles. The highest BCUT2D eigenvalue weighted by atomic mass is 32.1. The van der Waals surface area contributed by atoms with E-state index in [0.717, 1.165) is 23.8 Å². The minimum absolute atomic E-state index is 0.525. The van der Waals surface area contributed by atoms with Crippen molar-refractivity contribution in [1.29, 1.82) is 0 Å². The standard InChI is InChI=1S/C15H21N3OS/c1-5-16-9-14-17-18-15(20-14)19-12-6-7-13(10(2)3)11(4)8-12/h6-8,10,16H,5,9H2,1-4H3. The van der Waals surface area contributed by atoms with Gasteiger partial charge in [0.25, 0.3) is 5.19 Å². The van der Waals surface area contributed by atoms with Gasteiger partial charge in [-0.05, 0) is 42.6 Å². The lowest BCUT2D eigenvalue weighted by Crippen LogP contribution is -2.11. The molecule has 0 radical (unpaired) electrons. The van der Waals surface area contributed by atoms with Crippen LogP contribution < -0.4 is 10.1 Å². The normalized spacial score (nSPS) is 11.1. The Hall–Kier alpha value is -1.46. The smallest absolute Gasteiger partial charge is 0.299 e. The van der Waals surface area contributed by atoms with E-state index in [2.05, 4.69) is 55.3 Å². The summed E-state index contributed by atoms with van der Waals surface area (Å²) in [6.07, 6.45) is 0. The first-order chi connectivity index (χ1) is 9.60. The molecule has 0 spiro atoms. The molecule has 108 valence electrons. The number of rotatable bonds is 6.